The van der Waals surface area contributed by atoms with Gasteiger partial charge in [0.05, 0.1) is 19.3 Å². The molecule has 0 aliphatic rings. The molecule has 6 nitrogen and oxygen atoms in total. The molecule has 0 saturated carbocycles. The van der Waals surface area contributed by atoms with Gasteiger partial charge in [0, 0.05) is 18.7 Å². The number of aliphatic hydroxyl groups excluding tert-OH is 1. The molecule has 0 bridgehead atoms. The number of hydrogen-bond acceptors (Lipinski definition) is 4. The quantitative estimate of drug-likeness (QED) is 0.243. The number of guanidine groups is 1. The Morgan fingerprint density at radius 2 is 1.77 bits per heavy atom. The zero-order valence-corrected chi connectivity index (χ0v) is 19.3. The summed E-state index contributed by atoms with van der Waals surface area (Å²) in [6.07, 6.45) is -0.838. The number of nitrogens with one attached hydrogen (secondary N) is 2. The van der Waals surface area contributed by atoms with E-state index in [2.05, 4.69) is 20.4 Å². The van der Waals surface area contributed by atoms with Gasteiger partial charge >= 0.3 is 6.61 Å². The lowest BCUT2D eigenvalue weighted by atomic mass is 10.1. The minimum absolute atomic E-state index is 0. The molecule has 0 amide bonds. The van der Waals surface area contributed by atoms with Crippen LogP contribution in [0.4, 0.5) is 8.78 Å². The van der Waals surface area contributed by atoms with E-state index in [0.717, 1.165) is 11.3 Å². The van der Waals surface area contributed by atoms with Gasteiger partial charge in [0.15, 0.2) is 5.96 Å². The smallest absolute Gasteiger partial charge is 0.387 e. The number of halogens is 3. The molecule has 0 aliphatic heterocycles. The van der Waals surface area contributed by atoms with Gasteiger partial charge in [0.2, 0.25) is 0 Å². The van der Waals surface area contributed by atoms with Crippen molar-refractivity contribution in [1.29, 1.82) is 0 Å². The molecule has 0 heterocycles. The normalized spacial score (nSPS) is 12.1. The van der Waals surface area contributed by atoms with E-state index in [-0.39, 0.29) is 36.3 Å². The fraction of sp³-hybridized carbons (Fsp3) is 0.381. The molecule has 1 atom stereocenters. The molecular weight excluding hydrogens is 507 g/mol. The highest BCUT2D eigenvalue weighted by molar-refractivity contribution is 14.0. The second-order valence-corrected chi connectivity index (χ2v) is 6.08. The first-order chi connectivity index (χ1) is 14.0. The van der Waals surface area contributed by atoms with Crippen LogP contribution in [0.2, 0.25) is 0 Å². The molecule has 3 N–H and O–H groups in total. The number of hydrogen-bond donors (Lipinski definition) is 3. The average Bonchev–Trinajstić information content (AvgIpc) is 2.71. The van der Waals surface area contributed by atoms with E-state index in [1.165, 1.54) is 12.1 Å². The number of alkyl halides is 2. The number of aliphatic imine (C=N–C) groups is 1. The molecule has 2 aromatic carbocycles. The molecule has 0 fully saturated rings. The molecule has 2 aromatic rings. The predicted octanol–water partition coefficient (Wildman–Crippen LogP) is 4.09. The maximum atomic E-state index is 12.2. The van der Waals surface area contributed by atoms with Crippen LogP contribution in [0.5, 0.6) is 11.5 Å². The van der Waals surface area contributed by atoms with Crippen molar-refractivity contribution >= 4 is 29.9 Å². The van der Waals surface area contributed by atoms with Crippen LogP contribution >= 0.6 is 24.0 Å². The Morgan fingerprint density at radius 3 is 2.40 bits per heavy atom. The lowest BCUT2D eigenvalue weighted by Crippen LogP contribution is -2.39. The predicted molar refractivity (Wildman–Crippen MR) is 124 cm³/mol. The summed E-state index contributed by atoms with van der Waals surface area (Å²) in [7, 11) is 0. The van der Waals surface area contributed by atoms with Crippen molar-refractivity contribution in [3.05, 3.63) is 59.7 Å². The van der Waals surface area contributed by atoms with Gasteiger partial charge in [0.25, 0.3) is 0 Å². The summed E-state index contributed by atoms with van der Waals surface area (Å²) in [5.74, 6) is 1.39. The maximum Gasteiger partial charge on any atom is 0.387 e. The summed E-state index contributed by atoms with van der Waals surface area (Å²) in [5, 5.41) is 16.6. The zero-order chi connectivity index (χ0) is 21.1. The molecule has 0 aromatic heterocycles. The molecule has 166 valence electrons. The molecule has 2 rings (SSSR count). The first-order valence-corrected chi connectivity index (χ1v) is 9.49. The summed E-state index contributed by atoms with van der Waals surface area (Å²) >= 11 is 0. The molecular formula is C21H28F2IN3O3. The van der Waals surface area contributed by atoms with Gasteiger partial charge in [-0.05, 0) is 37.6 Å². The second-order valence-electron chi connectivity index (χ2n) is 6.08. The molecule has 30 heavy (non-hydrogen) atoms. The molecule has 0 radical (unpaired) electrons. The van der Waals surface area contributed by atoms with Crippen LogP contribution in [0.1, 0.15) is 31.1 Å². The summed E-state index contributed by atoms with van der Waals surface area (Å²) in [6, 6.07) is 13.6. The van der Waals surface area contributed by atoms with E-state index in [9.17, 15) is 13.9 Å². The van der Waals surface area contributed by atoms with Gasteiger partial charge in [-0.1, -0.05) is 30.3 Å². The van der Waals surface area contributed by atoms with Crippen molar-refractivity contribution in [3.63, 3.8) is 0 Å². The summed E-state index contributed by atoms with van der Waals surface area (Å²) in [4.78, 5) is 4.54. The topological polar surface area (TPSA) is 75.1 Å². The first-order valence-electron chi connectivity index (χ1n) is 9.49. The van der Waals surface area contributed by atoms with Crippen molar-refractivity contribution in [1.82, 2.24) is 10.6 Å². The van der Waals surface area contributed by atoms with Crippen molar-refractivity contribution in [2.24, 2.45) is 4.99 Å². The van der Waals surface area contributed by atoms with Gasteiger partial charge in [-0.25, -0.2) is 4.99 Å². The Hall–Kier alpha value is -2.14. The number of para-hydroxylation sites is 1. The minimum atomic E-state index is -2.88. The lowest BCUT2D eigenvalue weighted by molar-refractivity contribution is -0.0498. The second kappa shape index (κ2) is 14.0. The van der Waals surface area contributed by atoms with E-state index in [1.54, 1.807) is 12.1 Å². The van der Waals surface area contributed by atoms with Gasteiger partial charge < -0.3 is 25.2 Å². The Morgan fingerprint density at radius 1 is 1.07 bits per heavy atom. The SMILES string of the molecule is CCNC(=NCc1ccccc1OCC)NCC(O)c1ccc(OC(F)F)cc1.I. The van der Waals surface area contributed by atoms with Crippen LogP contribution in [-0.2, 0) is 6.54 Å². The molecule has 0 spiro atoms. The van der Waals surface area contributed by atoms with E-state index < -0.39 is 12.7 Å². The van der Waals surface area contributed by atoms with Crippen LogP contribution in [0.3, 0.4) is 0 Å². The van der Waals surface area contributed by atoms with Crippen molar-refractivity contribution in [2.75, 3.05) is 19.7 Å². The van der Waals surface area contributed by atoms with Crippen LogP contribution in [0, 0.1) is 0 Å². The fourth-order valence-corrected chi connectivity index (χ4v) is 2.62. The molecule has 0 saturated heterocycles. The minimum Gasteiger partial charge on any atom is -0.494 e. The standard InChI is InChI=1S/C21H27F2N3O3.HI/c1-3-24-21(25-13-16-7-5-6-8-19(16)28-4-2)26-14-18(27)15-9-11-17(12-10-15)29-20(22)23;/h5-12,18,20,27H,3-4,13-14H2,1-2H3,(H2,24,25,26);1H. The Balaban J connectivity index is 0.00000450. The fourth-order valence-electron chi connectivity index (χ4n) is 2.62. The summed E-state index contributed by atoms with van der Waals surface area (Å²) in [6.45, 7) is 2.86. The van der Waals surface area contributed by atoms with E-state index in [4.69, 9.17) is 4.74 Å². The van der Waals surface area contributed by atoms with Crippen LogP contribution < -0.4 is 20.1 Å². The highest BCUT2D eigenvalue weighted by Gasteiger charge is 2.10. The van der Waals surface area contributed by atoms with Gasteiger partial charge in [-0.15, -0.1) is 24.0 Å². The third kappa shape index (κ3) is 8.70. The van der Waals surface area contributed by atoms with E-state index in [0.29, 0.717) is 31.2 Å². The molecule has 1 unspecified atom stereocenters. The van der Waals surface area contributed by atoms with Gasteiger partial charge in [-0.3, -0.25) is 0 Å². The summed E-state index contributed by atoms with van der Waals surface area (Å²) < 4.78 is 34.4. The number of benzene rings is 2. The number of aliphatic hydroxyl groups is 1. The lowest BCUT2D eigenvalue weighted by Gasteiger charge is -2.16. The summed E-state index contributed by atoms with van der Waals surface area (Å²) in [5.41, 5.74) is 1.54. The third-order valence-corrected chi connectivity index (χ3v) is 3.98. The Labute approximate surface area is 192 Å². The van der Waals surface area contributed by atoms with Crippen molar-refractivity contribution < 1.29 is 23.4 Å². The van der Waals surface area contributed by atoms with E-state index in [1.807, 2.05) is 38.1 Å². The first kappa shape index (κ1) is 25.9. The molecule has 0 aliphatic carbocycles. The Kier molecular flexibility index (Phi) is 12.1. The highest BCUT2D eigenvalue weighted by Crippen LogP contribution is 2.20. The zero-order valence-electron chi connectivity index (χ0n) is 17.0. The number of rotatable bonds is 10. The van der Waals surface area contributed by atoms with E-state index >= 15 is 0 Å². The number of ether oxygens (including phenoxy) is 2. The largest absolute Gasteiger partial charge is 0.494 e. The van der Waals surface area contributed by atoms with Crippen molar-refractivity contribution in [3.8, 4) is 11.5 Å². The van der Waals surface area contributed by atoms with Crippen LogP contribution in [0.15, 0.2) is 53.5 Å². The van der Waals surface area contributed by atoms with Gasteiger partial charge in [0.1, 0.15) is 11.5 Å². The third-order valence-electron chi connectivity index (χ3n) is 3.98. The van der Waals surface area contributed by atoms with Crippen molar-refractivity contribution in [2.45, 2.75) is 33.1 Å². The highest BCUT2D eigenvalue weighted by atomic mass is 127. The number of nitrogens with zero attached hydrogens (tertiary/aromatic N) is 1. The van der Waals surface area contributed by atoms with Crippen LogP contribution in [-0.4, -0.2) is 37.4 Å². The Bertz CT molecular complexity index is 776. The maximum absolute atomic E-state index is 12.2. The average molecular weight is 535 g/mol. The van der Waals surface area contributed by atoms with Crippen LogP contribution in [0.25, 0.3) is 0 Å². The molecule has 9 heteroatoms. The monoisotopic (exact) mass is 535 g/mol. The van der Waals surface area contributed by atoms with Gasteiger partial charge in [-0.2, -0.15) is 8.78 Å².